The smallest absolute Gasteiger partial charge is 0.338 e. The molecule has 0 spiro atoms. The highest BCUT2D eigenvalue weighted by molar-refractivity contribution is 5.88. The normalized spacial score (nSPS) is 10.1. The topological polar surface area (TPSA) is 74.0 Å². The van der Waals surface area contributed by atoms with Crippen molar-refractivity contribution < 1.29 is 14.3 Å². The molecular formula is C10H7FN2O2. The number of halogens is 1. The van der Waals surface area contributed by atoms with Crippen molar-refractivity contribution in [3.63, 3.8) is 0 Å². The van der Waals surface area contributed by atoms with E-state index in [1.54, 1.807) is 0 Å². The molecule has 5 heteroatoms. The maximum absolute atomic E-state index is 12.9. The molecule has 1 N–H and O–H groups in total. The van der Waals surface area contributed by atoms with Gasteiger partial charge >= 0.3 is 5.97 Å². The Balaban J connectivity index is 2.98. The summed E-state index contributed by atoms with van der Waals surface area (Å²) in [4.78, 5) is 14.2. The lowest BCUT2D eigenvalue weighted by Gasteiger charge is -1.97. The van der Waals surface area contributed by atoms with Gasteiger partial charge in [-0.15, -0.1) is 0 Å². The minimum Gasteiger partial charge on any atom is -0.478 e. The van der Waals surface area contributed by atoms with E-state index in [-0.39, 0.29) is 6.42 Å². The number of hydrogen-bond donors (Lipinski definition) is 1. The van der Waals surface area contributed by atoms with Crippen LogP contribution in [0.15, 0.2) is 18.3 Å². The molecule has 1 aromatic rings. The summed E-state index contributed by atoms with van der Waals surface area (Å²) >= 11 is 0. The maximum Gasteiger partial charge on any atom is 0.338 e. The van der Waals surface area contributed by atoms with Crippen LogP contribution in [0, 0.1) is 17.1 Å². The molecule has 0 aliphatic carbocycles. The van der Waals surface area contributed by atoms with Gasteiger partial charge in [0, 0.05) is 0 Å². The van der Waals surface area contributed by atoms with Gasteiger partial charge in [-0.05, 0) is 12.1 Å². The van der Waals surface area contributed by atoms with Gasteiger partial charge in [0.2, 0.25) is 0 Å². The number of pyridine rings is 1. The SMILES string of the molecule is N#CCC=Cc1cc(C(=O)O)c(F)cn1. The number of allylic oxidation sites excluding steroid dienone is 1. The van der Waals surface area contributed by atoms with Gasteiger partial charge in [0.15, 0.2) is 5.82 Å². The van der Waals surface area contributed by atoms with E-state index in [9.17, 15) is 9.18 Å². The molecule has 0 saturated carbocycles. The summed E-state index contributed by atoms with van der Waals surface area (Å²) in [7, 11) is 0. The van der Waals surface area contributed by atoms with E-state index in [1.807, 2.05) is 6.07 Å². The fraction of sp³-hybridized carbons (Fsp3) is 0.100. The lowest BCUT2D eigenvalue weighted by Crippen LogP contribution is -2.01. The summed E-state index contributed by atoms with van der Waals surface area (Å²) in [6.07, 6.45) is 4.03. The summed E-state index contributed by atoms with van der Waals surface area (Å²) < 4.78 is 12.9. The zero-order valence-corrected chi connectivity index (χ0v) is 7.64. The van der Waals surface area contributed by atoms with Crippen LogP contribution in [0.2, 0.25) is 0 Å². The van der Waals surface area contributed by atoms with Gasteiger partial charge in [-0.2, -0.15) is 5.26 Å². The van der Waals surface area contributed by atoms with Crippen LogP contribution in [0.1, 0.15) is 22.5 Å². The largest absolute Gasteiger partial charge is 0.478 e. The second-order valence-electron chi connectivity index (χ2n) is 2.66. The molecule has 15 heavy (non-hydrogen) atoms. The molecule has 4 nitrogen and oxygen atoms in total. The first-order chi connectivity index (χ1) is 7.15. The van der Waals surface area contributed by atoms with Crippen LogP contribution in [-0.2, 0) is 0 Å². The number of hydrogen-bond acceptors (Lipinski definition) is 3. The van der Waals surface area contributed by atoms with Crippen molar-refractivity contribution in [1.29, 1.82) is 5.26 Å². The summed E-state index contributed by atoms with van der Waals surface area (Å²) in [5.41, 5.74) is -0.120. The minimum atomic E-state index is -1.34. The Hall–Kier alpha value is -2.22. The monoisotopic (exact) mass is 206 g/mol. The number of aromatic nitrogens is 1. The fourth-order valence-electron chi connectivity index (χ4n) is 0.942. The molecule has 0 amide bonds. The fourth-order valence-corrected chi connectivity index (χ4v) is 0.942. The first-order valence-corrected chi connectivity index (χ1v) is 4.07. The molecule has 1 aromatic heterocycles. The van der Waals surface area contributed by atoms with E-state index in [2.05, 4.69) is 4.98 Å². The highest BCUT2D eigenvalue weighted by atomic mass is 19.1. The van der Waals surface area contributed by atoms with Gasteiger partial charge in [-0.1, -0.05) is 6.08 Å². The van der Waals surface area contributed by atoms with Crippen molar-refractivity contribution in [3.8, 4) is 6.07 Å². The van der Waals surface area contributed by atoms with Crippen LogP contribution in [0.3, 0.4) is 0 Å². The third-order valence-electron chi connectivity index (χ3n) is 1.60. The van der Waals surface area contributed by atoms with Gasteiger partial charge in [0.05, 0.1) is 29.9 Å². The highest BCUT2D eigenvalue weighted by Gasteiger charge is 2.10. The standard InChI is InChI=1S/C10H7FN2O2/c11-9-6-13-7(3-1-2-4-12)5-8(9)10(14)15/h1,3,5-6H,2H2,(H,14,15). The number of nitrogens with zero attached hydrogens (tertiary/aromatic N) is 2. The lowest BCUT2D eigenvalue weighted by atomic mass is 10.2. The quantitative estimate of drug-likeness (QED) is 0.818. The Kier molecular flexibility index (Phi) is 3.52. The van der Waals surface area contributed by atoms with Crippen LogP contribution in [0.4, 0.5) is 4.39 Å². The van der Waals surface area contributed by atoms with E-state index < -0.39 is 17.3 Å². The zero-order chi connectivity index (χ0) is 11.3. The molecule has 0 bridgehead atoms. The molecule has 1 rings (SSSR count). The predicted molar refractivity (Wildman–Crippen MR) is 50.4 cm³/mol. The molecule has 0 aliphatic heterocycles. The van der Waals surface area contributed by atoms with Crippen molar-refractivity contribution >= 4 is 12.0 Å². The van der Waals surface area contributed by atoms with Crippen LogP contribution < -0.4 is 0 Å². The van der Waals surface area contributed by atoms with E-state index >= 15 is 0 Å². The summed E-state index contributed by atoms with van der Waals surface area (Å²) in [5, 5.41) is 16.9. The number of carboxylic acids is 1. The van der Waals surface area contributed by atoms with Crippen molar-refractivity contribution in [1.82, 2.24) is 4.98 Å². The summed E-state index contributed by atoms with van der Waals surface area (Å²) in [6, 6.07) is 3.00. The maximum atomic E-state index is 12.9. The molecule has 76 valence electrons. The third kappa shape index (κ3) is 2.88. The van der Waals surface area contributed by atoms with Gasteiger partial charge in [-0.25, -0.2) is 9.18 Å². The Labute approximate surface area is 85.3 Å². The highest BCUT2D eigenvalue weighted by Crippen LogP contribution is 2.09. The molecule has 1 heterocycles. The van der Waals surface area contributed by atoms with Gasteiger partial charge in [0.25, 0.3) is 0 Å². The molecule has 0 saturated heterocycles. The van der Waals surface area contributed by atoms with Crippen molar-refractivity contribution in [2.75, 3.05) is 0 Å². The molecule has 0 radical (unpaired) electrons. The predicted octanol–water partition coefficient (Wildman–Crippen LogP) is 1.85. The second-order valence-corrected chi connectivity index (χ2v) is 2.66. The average molecular weight is 206 g/mol. The van der Waals surface area contributed by atoms with E-state index in [0.29, 0.717) is 5.69 Å². The average Bonchev–Trinajstić information content (AvgIpc) is 2.20. The molecular weight excluding hydrogens is 199 g/mol. The van der Waals surface area contributed by atoms with Crippen LogP contribution in [0.25, 0.3) is 6.08 Å². The van der Waals surface area contributed by atoms with Gasteiger partial charge < -0.3 is 5.11 Å². The number of carboxylic acid groups (broad SMARTS) is 1. The number of carbonyl (C=O) groups is 1. The minimum absolute atomic E-state index is 0.196. The number of nitriles is 1. The zero-order valence-electron chi connectivity index (χ0n) is 7.64. The Morgan fingerprint density at radius 3 is 3.07 bits per heavy atom. The first kappa shape index (κ1) is 10.9. The molecule has 0 atom stereocenters. The van der Waals surface area contributed by atoms with Crippen molar-refractivity contribution in [2.45, 2.75) is 6.42 Å². The molecule has 0 fully saturated rings. The van der Waals surface area contributed by atoms with Crippen LogP contribution in [-0.4, -0.2) is 16.1 Å². The Morgan fingerprint density at radius 1 is 1.73 bits per heavy atom. The first-order valence-electron chi connectivity index (χ1n) is 4.07. The van der Waals surface area contributed by atoms with E-state index in [0.717, 1.165) is 12.3 Å². The Morgan fingerprint density at radius 2 is 2.47 bits per heavy atom. The summed E-state index contributed by atoms with van der Waals surface area (Å²) in [6.45, 7) is 0. The van der Waals surface area contributed by atoms with E-state index in [4.69, 9.17) is 10.4 Å². The molecule has 0 aromatic carbocycles. The lowest BCUT2D eigenvalue weighted by molar-refractivity contribution is 0.0691. The third-order valence-corrected chi connectivity index (χ3v) is 1.60. The second kappa shape index (κ2) is 4.86. The van der Waals surface area contributed by atoms with Gasteiger partial charge in [0.1, 0.15) is 0 Å². The van der Waals surface area contributed by atoms with Crippen molar-refractivity contribution in [3.05, 3.63) is 35.4 Å². The van der Waals surface area contributed by atoms with Crippen LogP contribution >= 0.6 is 0 Å². The number of aromatic carboxylic acids is 1. The van der Waals surface area contributed by atoms with E-state index in [1.165, 1.54) is 12.2 Å². The van der Waals surface area contributed by atoms with Gasteiger partial charge in [-0.3, -0.25) is 4.98 Å². The molecule has 0 unspecified atom stereocenters. The Bertz CT molecular complexity index is 449. The van der Waals surface area contributed by atoms with Crippen molar-refractivity contribution in [2.24, 2.45) is 0 Å². The number of rotatable bonds is 3. The van der Waals surface area contributed by atoms with Crippen LogP contribution in [0.5, 0.6) is 0 Å². The summed E-state index contributed by atoms with van der Waals surface area (Å²) in [5.74, 6) is -2.22. The molecule has 0 aliphatic rings.